The van der Waals surface area contributed by atoms with Crippen molar-refractivity contribution in [1.82, 2.24) is 10.2 Å². The third kappa shape index (κ3) is 4.61. The summed E-state index contributed by atoms with van der Waals surface area (Å²) in [7, 11) is -0.564. The van der Waals surface area contributed by atoms with Crippen molar-refractivity contribution in [3.63, 3.8) is 0 Å². The Balaban J connectivity index is 1.26. The fourth-order valence-corrected chi connectivity index (χ4v) is 6.92. The summed E-state index contributed by atoms with van der Waals surface area (Å²) in [6.45, 7) is 14.5. The molecule has 1 N–H and O–H groups in total. The fourth-order valence-electron chi connectivity index (χ4n) is 6.92. The van der Waals surface area contributed by atoms with E-state index in [1.165, 1.54) is 6.42 Å². The average Bonchev–Trinajstić information content (AvgIpc) is 3.21. The Morgan fingerprint density at radius 2 is 2.06 bits per heavy atom. The van der Waals surface area contributed by atoms with Crippen molar-refractivity contribution >= 4 is 19.1 Å². The third-order valence-electron chi connectivity index (χ3n) is 9.12. The van der Waals surface area contributed by atoms with E-state index in [0.29, 0.717) is 37.8 Å². The van der Waals surface area contributed by atoms with Crippen LogP contribution in [0, 0.1) is 23.8 Å². The molecule has 192 valence electrons. The highest BCUT2D eigenvalue weighted by Gasteiger charge is 2.68. The largest absolute Gasteiger partial charge is 0.482 e. The maximum atomic E-state index is 13.0. The molecule has 36 heavy (non-hydrogen) atoms. The molecule has 0 spiro atoms. The quantitative estimate of drug-likeness (QED) is 0.485. The van der Waals surface area contributed by atoms with Crippen LogP contribution in [0.5, 0.6) is 0 Å². The van der Waals surface area contributed by atoms with Gasteiger partial charge in [0.15, 0.2) is 0 Å². The first kappa shape index (κ1) is 25.1. The summed E-state index contributed by atoms with van der Waals surface area (Å²) in [6.07, 6.45) is 3.23. The zero-order valence-corrected chi connectivity index (χ0v) is 21.4. The van der Waals surface area contributed by atoms with Crippen molar-refractivity contribution in [3.05, 3.63) is 47.3 Å². The normalized spacial score (nSPS) is 33.1. The number of nitrogens with zero attached hydrogens (tertiary/aromatic N) is 2. The Bertz CT molecular complexity index is 1030. The first-order valence-corrected chi connectivity index (χ1v) is 13.2. The van der Waals surface area contributed by atoms with Crippen LogP contribution in [0.4, 0.5) is 4.79 Å². The Morgan fingerprint density at radius 3 is 2.78 bits per heavy atom. The number of benzene rings is 1. The molecule has 0 radical (unpaired) electrons. The van der Waals surface area contributed by atoms with Crippen molar-refractivity contribution < 1.29 is 23.6 Å². The molecule has 2 saturated heterocycles. The van der Waals surface area contributed by atoms with Crippen LogP contribution in [0.2, 0.25) is 0 Å². The predicted octanol–water partition coefficient (Wildman–Crippen LogP) is 3.50. The molecule has 0 aromatic heterocycles. The van der Waals surface area contributed by atoms with Gasteiger partial charge < -0.3 is 29.1 Å². The number of likely N-dealkylation sites (tertiary alicyclic amines) is 1. The molecule has 1 aromatic carbocycles. The Morgan fingerprint density at radius 1 is 1.28 bits per heavy atom. The summed E-state index contributed by atoms with van der Waals surface area (Å²) in [4.78, 5) is 30.0. The molecule has 2 heterocycles. The number of alkyl carbamates (subject to hydrolysis) is 1. The maximum absolute atomic E-state index is 13.0. The average molecular weight is 493 g/mol. The lowest BCUT2D eigenvalue weighted by Gasteiger charge is -2.64. The van der Waals surface area contributed by atoms with E-state index in [9.17, 15) is 9.59 Å². The van der Waals surface area contributed by atoms with E-state index in [1.807, 2.05) is 30.3 Å². The summed E-state index contributed by atoms with van der Waals surface area (Å²) in [5.41, 5.74) is 0.951. The van der Waals surface area contributed by atoms with Gasteiger partial charge >= 0.3 is 19.1 Å². The number of piperidine rings is 1. The lowest BCUT2D eigenvalue weighted by atomic mass is 9.43. The van der Waals surface area contributed by atoms with Gasteiger partial charge in [-0.1, -0.05) is 44.2 Å². The van der Waals surface area contributed by atoms with E-state index < -0.39 is 25.3 Å². The van der Waals surface area contributed by atoms with Gasteiger partial charge in [-0.2, -0.15) is 0 Å². The predicted molar refractivity (Wildman–Crippen MR) is 135 cm³/mol. The number of hydrogen-bond acceptors (Lipinski definition) is 5. The third-order valence-corrected chi connectivity index (χ3v) is 9.12. The Labute approximate surface area is 214 Å². The highest BCUT2D eigenvalue weighted by atomic mass is 16.7. The smallest absolute Gasteiger partial charge is 0.444 e. The highest BCUT2D eigenvalue weighted by Crippen LogP contribution is 2.65. The van der Waals surface area contributed by atoms with Crippen molar-refractivity contribution in [2.45, 2.75) is 76.6 Å². The highest BCUT2D eigenvalue weighted by molar-refractivity contribution is 6.47. The van der Waals surface area contributed by atoms with Gasteiger partial charge in [0.2, 0.25) is 0 Å². The van der Waals surface area contributed by atoms with Crippen LogP contribution >= 0.6 is 0 Å². The second-order valence-corrected chi connectivity index (χ2v) is 11.6. The summed E-state index contributed by atoms with van der Waals surface area (Å²) in [6, 6.07) is 10.0. The molecule has 1 aromatic rings. The minimum atomic E-state index is -0.564. The van der Waals surface area contributed by atoms with Crippen molar-refractivity contribution in [3.8, 4) is 0 Å². The topological polar surface area (TPSA) is 81.5 Å². The van der Waals surface area contributed by atoms with Gasteiger partial charge in [0, 0.05) is 6.54 Å². The van der Waals surface area contributed by atoms with Crippen LogP contribution in [0.1, 0.15) is 52.0 Å². The molecule has 8 nitrogen and oxygen atoms in total. The van der Waals surface area contributed by atoms with Crippen LogP contribution in [0.25, 0.3) is 4.85 Å². The van der Waals surface area contributed by atoms with Crippen LogP contribution < -0.4 is 5.32 Å². The zero-order valence-electron chi connectivity index (χ0n) is 21.4. The molecule has 6 atom stereocenters. The molecule has 5 aliphatic rings. The van der Waals surface area contributed by atoms with Crippen LogP contribution in [-0.2, 0) is 25.3 Å². The summed E-state index contributed by atoms with van der Waals surface area (Å²) >= 11 is 0. The van der Waals surface area contributed by atoms with E-state index in [-0.39, 0.29) is 29.6 Å². The molecule has 3 aliphatic carbocycles. The maximum Gasteiger partial charge on any atom is 0.482 e. The number of ether oxygens (including phenoxy) is 1. The molecule has 6 rings (SSSR count). The van der Waals surface area contributed by atoms with Crippen LogP contribution in [0.15, 0.2) is 30.3 Å². The molecule has 0 unspecified atom stereocenters. The van der Waals surface area contributed by atoms with E-state index in [1.54, 1.807) is 4.90 Å². The number of hydrogen-bond donors (Lipinski definition) is 1. The van der Waals surface area contributed by atoms with Crippen LogP contribution in [-0.4, -0.2) is 67.4 Å². The second kappa shape index (κ2) is 9.72. The second-order valence-electron chi connectivity index (χ2n) is 11.6. The number of carbonyl (C=O) groups is 2. The van der Waals surface area contributed by atoms with Gasteiger partial charge in [-0.15, -0.1) is 0 Å². The van der Waals surface area contributed by atoms with E-state index >= 15 is 0 Å². The first-order chi connectivity index (χ1) is 17.2. The molecule has 5 fully saturated rings. The number of nitrogens with one attached hydrogen (secondary N) is 1. The summed E-state index contributed by atoms with van der Waals surface area (Å²) in [5.74, 6) is 0.453. The standard InChI is InChI=1S/C27H36BN3O5/c1-26(2)19-14-21(26)27(3)22(15-19)35-28(36-27)23(13-18-9-6-5-7-10-18)30-25(33)34-20-11-8-12-31(17-20)24(32)16-29-4/h5-7,9-10,19-23H,8,11-17H2,1-3H3,(H,30,33)/t19-,20-,21-,22+,23-,27-/m0/s1. The molecule has 3 saturated carbocycles. The van der Waals surface area contributed by atoms with E-state index in [2.05, 4.69) is 30.9 Å². The van der Waals surface area contributed by atoms with Crippen molar-refractivity contribution in [2.75, 3.05) is 19.6 Å². The van der Waals surface area contributed by atoms with Gasteiger partial charge in [0.1, 0.15) is 6.10 Å². The van der Waals surface area contributed by atoms with Crippen molar-refractivity contribution in [2.24, 2.45) is 17.3 Å². The van der Waals surface area contributed by atoms with E-state index in [4.69, 9.17) is 20.6 Å². The lowest BCUT2D eigenvalue weighted by Crippen LogP contribution is -2.65. The summed E-state index contributed by atoms with van der Waals surface area (Å²) < 4.78 is 18.9. The van der Waals surface area contributed by atoms with Gasteiger partial charge in [-0.05, 0) is 61.8 Å². The van der Waals surface area contributed by atoms with Crippen LogP contribution in [0.3, 0.4) is 0 Å². The zero-order chi connectivity index (χ0) is 25.5. The molecular weight excluding hydrogens is 457 g/mol. The molecule has 2 aliphatic heterocycles. The minimum absolute atomic E-state index is 0.0238. The molecule has 2 bridgehead atoms. The van der Waals surface area contributed by atoms with Gasteiger partial charge in [-0.3, -0.25) is 4.79 Å². The number of carbonyl (C=O) groups excluding carboxylic acids is 2. The molecule has 2 amide bonds. The number of amides is 2. The Kier molecular flexibility index (Phi) is 6.77. The monoisotopic (exact) mass is 493 g/mol. The SMILES string of the molecule is [C-]#[N+]CC(=O)N1CCC[C@H](OC(=O)N[C@@H](Cc2ccccc2)B2O[C@@H]3C[C@@H]4C[C@@H](C4(C)C)[C@]3(C)O2)C1. The molecular formula is C27H36BN3O5. The van der Waals surface area contributed by atoms with Gasteiger partial charge in [-0.25, -0.2) is 11.4 Å². The van der Waals surface area contributed by atoms with Gasteiger partial charge in [0.05, 0.1) is 24.2 Å². The van der Waals surface area contributed by atoms with E-state index in [0.717, 1.165) is 18.4 Å². The number of rotatable bonds is 6. The Hall–Kier alpha value is -2.57. The fraction of sp³-hybridized carbons (Fsp3) is 0.667. The lowest BCUT2D eigenvalue weighted by molar-refractivity contribution is -0.199. The van der Waals surface area contributed by atoms with Crippen molar-refractivity contribution in [1.29, 1.82) is 0 Å². The van der Waals surface area contributed by atoms with Gasteiger partial charge in [0.25, 0.3) is 6.54 Å². The molecule has 9 heteroatoms. The minimum Gasteiger partial charge on any atom is -0.444 e. The first-order valence-electron chi connectivity index (χ1n) is 13.2. The summed E-state index contributed by atoms with van der Waals surface area (Å²) in [5, 5.41) is 3.04.